The van der Waals surface area contributed by atoms with Gasteiger partial charge in [-0.25, -0.2) is 0 Å². The van der Waals surface area contributed by atoms with Gasteiger partial charge in [-0.1, -0.05) is 34.6 Å². The predicted molar refractivity (Wildman–Crippen MR) is 64.9 cm³/mol. The van der Waals surface area contributed by atoms with Crippen LogP contribution in [0.25, 0.3) is 0 Å². The van der Waals surface area contributed by atoms with Crippen molar-refractivity contribution in [2.45, 2.75) is 41.0 Å². The van der Waals surface area contributed by atoms with Gasteiger partial charge in [-0.3, -0.25) is 4.79 Å². The standard InChI is InChI=1S/C6H15N.C5H9ClO2/c1-4-7(5-2)6-3;1-4(2)3-5(7)8-6/h4-6H2,1-3H3;4H,3H2,1-2H3. The van der Waals surface area contributed by atoms with Crippen molar-refractivity contribution < 1.29 is 9.08 Å². The van der Waals surface area contributed by atoms with Crippen LogP contribution in [0.15, 0.2) is 0 Å². The van der Waals surface area contributed by atoms with Crippen LogP contribution < -0.4 is 0 Å². The third-order valence-corrected chi connectivity index (χ3v) is 2.17. The van der Waals surface area contributed by atoms with E-state index in [2.05, 4.69) is 30.0 Å². The largest absolute Gasteiger partial charge is 0.348 e. The highest BCUT2D eigenvalue weighted by molar-refractivity contribution is 6.13. The van der Waals surface area contributed by atoms with Gasteiger partial charge in [-0.05, 0) is 25.6 Å². The molecular formula is C11H24ClNO2. The molecule has 0 aromatic heterocycles. The molecule has 0 aliphatic rings. The molecule has 0 rings (SSSR count). The minimum Gasteiger partial charge on any atom is -0.348 e. The number of nitrogens with zero attached hydrogens (tertiary/aromatic N) is 1. The summed E-state index contributed by atoms with van der Waals surface area (Å²) in [6.45, 7) is 14.0. The van der Waals surface area contributed by atoms with Crippen LogP contribution in [0.2, 0.25) is 0 Å². The Balaban J connectivity index is 0. The van der Waals surface area contributed by atoms with Crippen molar-refractivity contribution in [3.8, 4) is 0 Å². The molecule has 0 bridgehead atoms. The minimum atomic E-state index is -0.360. The number of hydrogen-bond acceptors (Lipinski definition) is 3. The van der Waals surface area contributed by atoms with Crippen molar-refractivity contribution in [2.24, 2.45) is 5.92 Å². The molecule has 92 valence electrons. The van der Waals surface area contributed by atoms with E-state index in [1.54, 1.807) is 0 Å². The summed E-state index contributed by atoms with van der Waals surface area (Å²) in [6, 6.07) is 0. The Labute approximate surface area is 98.9 Å². The number of rotatable bonds is 5. The van der Waals surface area contributed by atoms with Crippen molar-refractivity contribution in [1.82, 2.24) is 4.90 Å². The Morgan fingerprint density at radius 1 is 1.20 bits per heavy atom. The monoisotopic (exact) mass is 237 g/mol. The van der Waals surface area contributed by atoms with Gasteiger partial charge in [0, 0.05) is 6.42 Å². The highest BCUT2D eigenvalue weighted by Crippen LogP contribution is 2.01. The molecule has 0 saturated heterocycles. The van der Waals surface area contributed by atoms with Crippen LogP contribution >= 0.6 is 11.9 Å². The SMILES string of the molecule is CC(C)CC(=O)OCl.CCN(CC)CC. The van der Waals surface area contributed by atoms with Gasteiger partial charge in [-0.2, -0.15) is 0 Å². The molecule has 0 aromatic carbocycles. The van der Waals surface area contributed by atoms with Crippen LogP contribution in [0, 0.1) is 5.92 Å². The van der Waals surface area contributed by atoms with E-state index in [0.29, 0.717) is 12.3 Å². The van der Waals surface area contributed by atoms with Crippen molar-refractivity contribution >= 4 is 17.8 Å². The summed E-state index contributed by atoms with van der Waals surface area (Å²) in [5, 5.41) is 0. The van der Waals surface area contributed by atoms with Crippen molar-refractivity contribution in [3.63, 3.8) is 0 Å². The third kappa shape index (κ3) is 13.7. The second kappa shape index (κ2) is 11.8. The van der Waals surface area contributed by atoms with Gasteiger partial charge in [0.2, 0.25) is 0 Å². The molecule has 0 N–H and O–H groups in total. The molecule has 0 aliphatic carbocycles. The van der Waals surface area contributed by atoms with Crippen LogP contribution in [0.4, 0.5) is 0 Å². The van der Waals surface area contributed by atoms with Gasteiger partial charge < -0.3 is 9.19 Å². The van der Waals surface area contributed by atoms with Gasteiger partial charge in [-0.15, -0.1) is 0 Å². The zero-order chi connectivity index (χ0) is 12.3. The Bertz CT molecular complexity index is 142. The molecule has 0 heterocycles. The highest BCUT2D eigenvalue weighted by Gasteiger charge is 2.03. The Morgan fingerprint density at radius 2 is 1.60 bits per heavy atom. The fraction of sp³-hybridized carbons (Fsp3) is 0.909. The maximum Gasteiger partial charge on any atom is 0.325 e. The van der Waals surface area contributed by atoms with Gasteiger partial charge in [0.05, 0.1) is 0 Å². The summed E-state index contributed by atoms with van der Waals surface area (Å²) in [5.41, 5.74) is 0. The second-order valence-electron chi connectivity index (χ2n) is 3.67. The summed E-state index contributed by atoms with van der Waals surface area (Å²) in [5.74, 6) is -0.0390. The third-order valence-electron chi connectivity index (χ3n) is 2.00. The molecule has 0 saturated carbocycles. The average Bonchev–Trinajstić information content (AvgIpc) is 2.20. The molecule has 0 fully saturated rings. The van der Waals surface area contributed by atoms with Gasteiger partial charge in [0.1, 0.15) is 11.9 Å². The van der Waals surface area contributed by atoms with Gasteiger partial charge >= 0.3 is 5.97 Å². The maximum atomic E-state index is 10.3. The first-order chi connectivity index (χ1) is 7.01. The first-order valence-electron chi connectivity index (χ1n) is 5.55. The fourth-order valence-electron chi connectivity index (χ4n) is 1.04. The predicted octanol–water partition coefficient (Wildman–Crippen LogP) is 3.08. The molecule has 0 unspecified atom stereocenters. The molecule has 3 nitrogen and oxygen atoms in total. The summed E-state index contributed by atoms with van der Waals surface area (Å²) in [6.07, 6.45) is 0.392. The van der Waals surface area contributed by atoms with E-state index in [1.165, 1.54) is 19.6 Å². The van der Waals surface area contributed by atoms with Crippen LogP contribution in [0.3, 0.4) is 0 Å². The minimum absolute atomic E-state index is 0.321. The van der Waals surface area contributed by atoms with E-state index in [-0.39, 0.29) is 5.97 Å². The van der Waals surface area contributed by atoms with E-state index in [0.717, 1.165) is 0 Å². The first kappa shape index (κ1) is 17.1. The number of carbonyl (C=O) groups excluding carboxylic acids is 1. The van der Waals surface area contributed by atoms with E-state index in [9.17, 15) is 4.79 Å². The average molecular weight is 238 g/mol. The van der Waals surface area contributed by atoms with E-state index < -0.39 is 0 Å². The molecule has 0 aliphatic heterocycles. The summed E-state index contributed by atoms with van der Waals surface area (Å²) in [4.78, 5) is 12.6. The summed E-state index contributed by atoms with van der Waals surface area (Å²) >= 11 is 4.75. The molecule has 0 radical (unpaired) electrons. The highest BCUT2D eigenvalue weighted by atomic mass is 35.5. The lowest BCUT2D eigenvalue weighted by Gasteiger charge is -2.13. The normalized spacial score (nSPS) is 9.87. The zero-order valence-electron chi connectivity index (χ0n) is 10.5. The Kier molecular flexibility index (Phi) is 13.5. The van der Waals surface area contributed by atoms with Crippen molar-refractivity contribution in [2.75, 3.05) is 19.6 Å². The quantitative estimate of drug-likeness (QED) is 0.736. The van der Waals surface area contributed by atoms with E-state index in [4.69, 9.17) is 11.9 Å². The number of halogens is 1. The molecule has 4 heteroatoms. The molecular weight excluding hydrogens is 214 g/mol. The molecule has 15 heavy (non-hydrogen) atoms. The Morgan fingerprint density at radius 3 is 1.67 bits per heavy atom. The molecule has 0 aromatic rings. The van der Waals surface area contributed by atoms with Crippen molar-refractivity contribution in [1.29, 1.82) is 0 Å². The van der Waals surface area contributed by atoms with Gasteiger partial charge in [0.15, 0.2) is 0 Å². The number of carbonyl (C=O) groups is 1. The lowest BCUT2D eigenvalue weighted by atomic mass is 10.1. The molecule has 0 atom stereocenters. The van der Waals surface area contributed by atoms with Crippen LogP contribution in [-0.4, -0.2) is 30.5 Å². The second-order valence-corrected chi connectivity index (χ2v) is 3.82. The van der Waals surface area contributed by atoms with Gasteiger partial charge in [0.25, 0.3) is 0 Å². The van der Waals surface area contributed by atoms with E-state index in [1.807, 2.05) is 13.8 Å². The fourth-order valence-corrected chi connectivity index (χ4v) is 1.10. The van der Waals surface area contributed by atoms with Crippen LogP contribution in [-0.2, 0) is 9.08 Å². The lowest BCUT2D eigenvalue weighted by Crippen LogP contribution is -2.21. The zero-order valence-corrected chi connectivity index (χ0v) is 11.3. The van der Waals surface area contributed by atoms with Crippen LogP contribution in [0.5, 0.6) is 0 Å². The number of hydrogen-bond donors (Lipinski definition) is 0. The molecule has 0 spiro atoms. The topological polar surface area (TPSA) is 29.5 Å². The molecule has 0 amide bonds. The van der Waals surface area contributed by atoms with E-state index >= 15 is 0 Å². The lowest BCUT2D eigenvalue weighted by molar-refractivity contribution is -0.134. The smallest absolute Gasteiger partial charge is 0.325 e. The maximum absolute atomic E-state index is 10.3. The summed E-state index contributed by atoms with van der Waals surface area (Å²) in [7, 11) is 0. The summed E-state index contributed by atoms with van der Waals surface area (Å²) < 4.78 is 3.89. The van der Waals surface area contributed by atoms with Crippen molar-refractivity contribution in [3.05, 3.63) is 0 Å². The first-order valence-corrected chi connectivity index (χ1v) is 5.86. The van der Waals surface area contributed by atoms with Crippen LogP contribution in [0.1, 0.15) is 41.0 Å². The Hall–Kier alpha value is -0.280.